The normalized spacial score (nSPS) is 28.3. The van der Waals surface area contributed by atoms with Crippen LogP contribution in [0.1, 0.15) is 31.4 Å². The van der Waals surface area contributed by atoms with E-state index in [2.05, 4.69) is 16.0 Å². The van der Waals surface area contributed by atoms with Gasteiger partial charge in [0.25, 0.3) is 0 Å². The smallest absolute Gasteiger partial charge is 0.222 e. The number of carbonyl (C=O) groups is 1. The molecular formula is C15H21N3O. The first-order valence-corrected chi connectivity index (χ1v) is 7.09. The molecule has 1 aromatic rings. The first-order chi connectivity index (χ1) is 9.20. The summed E-state index contributed by atoms with van der Waals surface area (Å²) in [5.41, 5.74) is 1.20. The fraction of sp³-hybridized carbons (Fsp3) is 0.600. The lowest BCUT2D eigenvalue weighted by Crippen LogP contribution is -2.54. The van der Waals surface area contributed by atoms with Crippen molar-refractivity contribution in [2.45, 2.75) is 37.8 Å². The zero-order valence-corrected chi connectivity index (χ0v) is 11.5. The first kappa shape index (κ1) is 12.6. The maximum Gasteiger partial charge on any atom is 0.222 e. The van der Waals surface area contributed by atoms with E-state index in [1.807, 2.05) is 30.3 Å². The molecule has 1 aromatic heterocycles. The molecule has 3 heterocycles. The highest BCUT2D eigenvalue weighted by Crippen LogP contribution is 2.36. The van der Waals surface area contributed by atoms with Gasteiger partial charge in [0.15, 0.2) is 0 Å². The van der Waals surface area contributed by atoms with Gasteiger partial charge in [-0.1, -0.05) is 6.07 Å². The Kier molecular flexibility index (Phi) is 3.27. The molecule has 1 unspecified atom stereocenters. The van der Waals surface area contributed by atoms with Crippen LogP contribution in [0.2, 0.25) is 0 Å². The Morgan fingerprint density at radius 1 is 1.37 bits per heavy atom. The van der Waals surface area contributed by atoms with E-state index >= 15 is 0 Å². The molecule has 102 valence electrons. The first-order valence-electron chi connectivity index (χ1n) is 7.09. The highest BCUT2D eigenvalue weighted by Gasteiger charge is 2.45. The third-order valence-electron chi connectivity index (χ3n) is 4.64. The Morgan fingerprint density at radius 2 is 2.26 bits per heavy atom. The monoisotopic (exact) mass is 259 g/mol. The molecule has 4 nitrogen and oxygen atoms in total. The summed E-state index contributed by atoms with van der Waals surface area (Å²) in [7, 11) is 1.97. The summed E-state index contributed by atoms with van der Waals surface area (Å²) in [6.07, 6.45) is 5.90. The summed E-state index contributed by atoms with van der Waals surface area (Å²) in [5.74, 6) is 0.305. The van der Waals surface area contributed by atoms with Crippen LogP contribution in [0.15, 0.2) is 24.4 Å². The van der Waals surface area contributed by atoms with Crippen LogP contribution in [0, 0.1) is 0 Å². The summed E-state index contributed by atoms with van der Waals surface area (Å²) in [5, 5.41) is 0. The summed E-state index contributed by atoms with van der Waals surface area (Å²) in [6.45, 7) is 3.00. The molecule has 1 atom stereocenters. The van der Waals surface area contributed by atoms with Crippen LogP contribution in [0.5, 0.6) is 0 Å². The van der Waals surface area contributed by atoms with Crippen LogP contribution in [-0.4, -0.2) is 46.4 Å². The van der Waals surface area contributed by atoms with Crippen LogP contribution in [0.25, 0.3) is 0 Å². The van der Waals surface area contributed by atoms with Gasteiger partial charge in [0.2, 0.25) is 5.91 Å². The van der Waals surface area contributed by atoms with Crippen molar-refractivity contribution in [3.8, 4) is 0 Å². The van der Waals surface area contributed by atoms with Gasteiger partial charge >= 0.3 is 0 Å². The molecule has 0 bridgehead atoms. The molecule has 2 saturated heterocycles. The molecule has 2 aliphatic rings. The third kappa shape index (κ3) is 2.37. The minimum atomic E-state index is 0.0874. The minimum absolute atomic E-state index is 0.0874. The lowest BCUT2D eigenvalue weighted by atomic mass is 9.86. The lowest BCUT2D eigenvalue weighted by molar-refractivity contribution is -0.130. The second-order valence-corrected chi connectivity index (χ2v) is 5.81. The van der Waals surface area contributed by atoms with Gasteiger partial charge in [0, 0.05) is 32.8 Å². The van der Waals surface area contributed by atoms with Crippen LogP contribution >= 0.6 is 0 Å². The maximum atomic E-state index is 11.8. The van der Waals surface area contributed by atoms with Crippen LogP contribution in [0.4, 0.5) is 0 Å². The van der Waals surface area contributed by atoms with Crippen molar-refractivity contribution in [3.05, 3.63) is 30.1 Å². The summed E-state index contributed by atoms with van der Waals surface area (Å²) < 4.78 is 0. The maximum absolute atomic E-state index is 11.8. The van der Waals surface area contributed by atoms with Gasteiger partial charge in [-0.05, 0) is 37.9 Å². The number of aromatic nitrogens is 1. The van der Waals surface area contributed by atoms with Crippen molar-refractivity contribution in [3.63, 3.8) is 0 Å². The Hall–Kier alpha value is -1.42. The highest BCUT2D eigenvalue weighted by atomic mass is 16.2. The largest absolute Gasteiger partial charge is 0.339 e. The van der Waals surface area contributed by atoms with E-state index < -0.39 is 0 Å². The average molecular weight is 259 g/mol. The molecule has 19 heavy (non-hydrogen) atoms. The topological polar surface area (TPSA) is 36.4 Å². The van der Waals surface area contributed by atoms with E-state index in [1.165, 1.54) is 6.42 Å². The predicted molar refractivity (Wildman–Crippen MR) is 73.5 cm³/mol. The van der Waals surface area contributed by atoms with Crippen molar-refractivity contribution in [2.24, 2.45) is 0 Å². The fourth-order valence-electron chi connectivity index (χ4n) is 3.48. The summed E-state index contributed by atoms with van der Waals surface area (Å²) in [4.78, 5) is 20.7. The molecule has 1 spiro atoms. The number of piperidine rings is 1. The standard InChI is InChI=1S/C15H21N3O/c1-17-14(19)6-8-15(17)7-4-10-18(12-15)11-13-5-2-3-9-16-13/h2-3,5,9H,4,6-8,10-12H2,1H3. The lowest BCUT2D eigenvalue weighted by Gasteiger charge is -2.44. The third-order valence-corrected chi connectivity index (χ3v) is 4.64. The van der Waals surface area contributed by atoms with Gasteiger partial charge < -0.3 is 4.90 Å². The number of hydrogen-bond acceptors (Lipinski definition) is 3. The van der Waals surface area contributed by atoms with Crippen LogP contribution in [0.3, 0.4) is 0 Å². The Labute approximate surface area is 114 Å². The number of nitrogens with zero attached hydrogens (tertiary/aromatic N) is 3. The van der Waals surface area contributed by atoms with E-state index in [-0.39, 0.29) is 5.54 Å². The number of likely N-dealkylation sites (N-methyl/N-ethyl adjacent to an activating group) is 1. The molecule has 4 heteroatoms. The zero-order chi connectivity index (χ0) is 13.3. The second-order valence-electron chi connectivity index (χ2n) is 5.81. The number of likely N-dealkylation sites (tertiary alicyclic amines) is 2. The Balaban J connectivity index is 1.70. The summed E-state index contributed by atoms with van der Waals surface area (Å²) in [6, 6.07) is 6.06. The Bertz CT molecular complexity index is 462. The van der Waals surface area contributed by atoms with E-state index in [9.17, 15) is 4.79 Å². The predicted octanol–water partition coefficient (Wildman–Crippen LogP) is 1.67. The van der Waals surface area contributed by atoms with Gasteiger partial charge in [0.05, 0.1) is 11.2 Å². The van der Waals surface area contributed by atoms with E-state index in [1.54, 1.807) is 0 Å². The van der Waals surface area contributed by atoms with E-state index in [0.717, 1.165) is 38.2 Å². The second kappa shape index (κ2) is 4.93. The SMILES string of the molecule is CN1C(=O)CCC12CCCN(Cc1ccccn1)C2. The molecule has 0 saturated carbocycles. The highest BCUT2D eigenvalue weighted by molar-refractivity contribution is 5.79. The molecule has 3 rings (SSSR count). The van der Waals surface area contributed by atoms with E-state index in [4.69, 9.17) is 0 Å². The molecular weight excluding hydrogens is 238 g/mol. The molecule has 0 radical (unpaired) electrons. The fourth-order valence-corrected chi connectivity index (χ4v) is 3.48. The van der Waals surface area contributed by atoms with Crippen molar-refractivity contribution >= 4 is 5.91 Å². The molecule has 0 N–H and O–H groups in total. The van der Waals surface area contributed by atoms with Gasteiger partial charge in [-0.25, -0.2) is 0 Å². The number of rotatable bonds is 2. The van der Waals surface area contributed by atoms with Crippen molar-refractivity contribution in [2.75, 3.05) is 20.1 Å². The zero-order valence-electron chi connectivity index (χ0n) is 11.5. The van der Waals surface area contributed by atoms with Gasteiger partial charge in [0.1, 0.15) is 0 Å². The molecule has 2 aliphatic heterocycles. The minimum Gasteiger partial charge on any atom is -0.339 e. The number of amides is 1. The number of hydrogen-bond donors (Lipinski definition) is 0. The number of carbonyl (C=O) groups excluding carboxylic acids is 1. The quantitative estimate of drug-likeness (QED) is 0.810. The molecule has 1 amide bonds. The average Bonchev–Trinajstić information content (AvgIpc) is 2.69. The molecule has 0 aromatic carbocycles. The number of pyridine rings is 1. The van der Waals surface area contributed by atoms with Crippen molar-refractivity contribution in [1.82, 2.24) is 14.8 Å². The van der Waals surface area contributed by atoms with Crippen molar-refractivity contribution in [1.29, 1.82) is 0 Å². The van der Waals surface area contributed by atoms with Gasteiger partial charge in [-0.3, -0.25) is 14.7 Å². The van der Waals surface area contributed by atoms with Crippen LogP contribution < -0.4 is 0 Å². The van der Waals surface area contributed by atoms with Gasteiger partial charge in [-0.15, -0.1) is 0 Å². The molecule has 0 aliphatic carbocycles. The molecule has 2 fully saturated rings. The Morgan fingerprint density at radius 3 is 2.95 bits per heavy atom. The van der Waals surface area contributed by atoms with Gasteiger partial charge in [-0.2, -0.15) is 0 Å². The van der Waals surface area contributed by atoms with E-state index in [0.29, 0.717) is 12.3 Å². The van der Waals surface area contributed by atoms with Crippen molar-refractivity contribution < 1.29 is 4.79 Å². The van der Waals surface area contributed by atoms with Crippen LogP contribution in [-0.2, 0) is 11.3 Å². The summed E-state index contributed by atoms with van der Waals surface area (Å²) >= 11 is 0.